The summed E-state index contributed by atoms with van der Waals surface area (Å²) in [5.74, 6) is 0.399. The fourth-order valence-electron chi connectivity index (χ4n) is 3.09. The minimum Gasteiger partial charge on any atom is -0.347 e. The smallest absolute Gasteiger partial charge is 0.272 e. The van der Waals surface area contributed by atoms with Crippen molar-refractivity contribution in [1.82, 2.24) is 15.1 Å². The lowest BCUT2D eigenvalue weighted by molar-refractivity contribution is -0.119. The van der Waals surface area contributed by atoms with Gasteiger partial charge in [-0.3, -0.25) is 14.3 Å². The Morgan fingerprint density at radius 2 is 1.88 bits per heavy atom. The summed E-state index contributed by atoms with van der Waals surface area (Å²) < 4.78 is 1.54. The number of nitrogens with one attached hydrogen (secondary N) is 2. The molecule has 3 rings (SSSR count). The molecule has 6 nitrogen and oxygen atoms in total. The van der Waals surface area contributed by atoms with E-state index in [1.165, 1.54) is 10.2 Å². The highest BCUT2D eigenvalue weighted by Crippen LogP contribution is 2.26. The molecule has 1 aliphatic rings. The molecule has 6 heteroatoms. The first-order valence-electron chi connectivity index (χ1n) is 8.71. The monoisotopic (exact) mass is 340 g/mol. The van der Waals surface area contributed by atoms with Crippen LogP contribution in [0.15, 0.2) is 30.3 Å². The number of hydrogen-bond acceptors (Lipinski definition) is 3. The Morgan fingerprint density at radius 3 is 2.56 bits per heavy atom. The summed E-state index contributed by atoms with van der Waals surface area (Å²) in [7, 11) is 1.72. The first-order valence-corrected chi connectivity index (χ1v) is 8.71. The third kappa shape index (κ3) is 4.26. The SMILES string of the molecule is Cc1ccc(CNC(=O)c2cc(NC(=O)C3CCCC3)n(C)n2)cc1. The van der Waals surface area contributed by atoms with Crippen LogP contribution in [0.3, 0.4) is 0 Å². The second kappa shape index (κ2) is 7.51. The third-order valence-electron chi connectivity index (χ3n) is 4.66. The fraction of sp³-hybridized carbons (Fsp3) is 0.421. The molecule has 0 radical (unpaired) electrons. The van der Waals surface area contributed by atoms with E-state index in [2.05, 4.69) is 15.7 Å². The van der Waals surface area contributed by atoms with Gasteiger partial charge in [0.2, 0.25) is 5.91 Å². The van der Waals surface area contributed by atoms with Crippen LogP contribution in [0.25, 0.3) is 0 Å². The van der Waals surface area contributed by atoms with E-state index in [9.17, 15) is 9.59 Å². The maximum atomic E-state index is 12.3. The standard InChI is InChI=1S/C19H24N4O2/c1-13-7-9-14(10-8-13)12-20-19(25)16-11-17(23(2)22-16)21-18(24)15-5-3-4-6-15/h7-11,15H,3-6,12H2,1-2H3,(H,20,25)(H,21,24). The zero-order valence-corrected chi connectivity index (χ0v) is 14.7. The van der Waals surface area contributed by atoms with E-state index in [0.29, 0.717) is 18.1 Å². The molecule has 0 bridgehead atoms. The normalized spacial score (nSPS) is 14.5. The number of benzene rings is 1. The lowest BCUT2D eigenvalue weighted by atomic mass is 10.1. The van der Waals surface area contributed by atoms with Crippen molar-refractivity contribution in [2.24, 2.45) is 13.0 Å². The van der Waals surface area contributed by atoms with E-state index in [1.54, 1.807) is 13.1 Å². The summed E-state index contributed by atoms with van der Waals surface area (Å²) in [6.07, 6.45) is 4.09. The van der Waals surface area contributed by atoms with Gasteiger partial charge in [-0.2, -0.15) is 5.10 Å². The molecule has 0 spiro atoms. The van der Waals surface area contributed by atoms with Crippen molar-refractivity contribution < 1.29 is 9.59 Å². The molecule has 25 heavy (non-hydrogen) atoms. The molecule has 1 aliphatic carbocycles. The Kier molecular flexibility index (Phi) is 5.16. The summed E-state index contributed by atoms with van der Waals surface area (Å²) >= 11 is 0. The first kappa shape index (κ1) is 17.2. The van der Waals surface area contributed by atoms with Crippen molar-refractivity contribution >= 4 is 17.6 Å². The number of anilines is 1. The molecule has 1 aromatic heterocycles. The van der Waals surface area contributed by atoms with E-state index in [-0.39, 0.29) is 17.7 Å². The van der Waals surface area contributed by atoms with Gasteiger partial charge in [0, 0.05) is 25.6 Å². The number of aromatic nitrogens is 2. The highest BCUT2D eigenvalue weighted by molar-refractivity contribution is 5.96. The molecule has 1 heterocycles. The first-order chi connectivity index (χ1) is 12.0. The maximum absolute atomic E-state index is 12.3. The summed E-state index contributed by atoms with van der Waals surface area (Å²) in [4.78, 5) is 24.5. The predicted octanol–water partition coefficient (Wildman–Crippen LogP) is 2.79. The van der Waals surface area contributed by atoms with Gasteiger partial charge >= 0.3 is 0 Å². The average molecular weight is 340 g/mol. The van der Waals surface area contributed by atoms with E-state index in [1.807, 2.05) is 31.2 Å². The van der Waals surface area contributed by atoms with Crippen molar-refractivity contribution in [3.8, 4) is 0 Å². The van der Waals surface area contributed by atoms with E-state index < -0.39 is 0 Å². The van der Waals surface area contributed by atoms with Crippen molar-refractivity contribution in [3.63, 3.8) is 0 Å². The molecule has 2 N–H and O–H groups in total. The minimum atomic E-state index is -0.252. The number of rotatable bonds is 5. The summed E-state index contributed by atoms with van der Waals surface area (Å²) in [5.41, 5.74) is 2.52. The van der Waals surface area contributed by atoms with Gasteiger partial charge in [0.25, 0.3) is 5.91 Å². The molecule has 1 saturated carbocycles. The molecular weight excluding hydrogens is 316 g/mol. The topological polar surface area (TPSA) is 76.0 Å². The zero-order chi connectivity index (χ0) is 17.8. The second-order valence-corrected chi connectivity index (χ2v) is 6.68. The molecule has 1 aromatic carbocycles. The Bertz CT molecular complexity index is 758. The molecule has 0 atom stereocenters. The van der Waals surface area contributed by atoms with Crippen LogP contribution in [0.4, 0.5) is 5.82 Å². The molecule has 2 aromatic rings. The Balaban J connectivity index is 1.59. The van der Waals surface area contributed by atoms with Gasteiger partial charge in [-0.1, -0.05) is 42.7 Å². The number of nitrogens with zero attached hydrogens (tertiary/aromatic N) is 2. The second-order valence-electron chi connectivity index (χ2n) is 6.68. The van der Waals surface area contributed by atoms with Gasteiger partial charge in [0.05, 0.1) is 0 Å². The lowest BCUT2D eigenvalue weighted by Crippen LogP contribution is -2.23. The number of aryl methyl sites for hydroxylation is 2. The van der Waals surface area contributed by atoms with Gasteiger partial charge in [-0.05, 0) is 25.3 Å². The van der Waals surface area contributed by atoms with Crippen molar-refractivity contribution in [1.29, 1.82) is 0 Å². The van der Waals surface area contributed by atoms with Crippen LogP contribution in [0.1, 0.15) is 47.3 Å². The molecule has 132 valence electrons. The molecular formula is C19H24N4O2. The molecule has 0 aliphatic heterocycles. The average Bonchev–Trinajstić information content (AvgIpc) is 3.25. The summed E-state index contributed by atoms with van der Waals surface area (Å²) in [6, 6.07) is 9.62. The van der Waals surface area contributed by atoms with Gasteiger partial charge in [0.15, 0.2) is 5.69 Å². The maximum Gasteiger partial charge on any atom is 0.272 e. The number of hydrogen-bond donors (Lipinski definition) is 2. The largest absolute Gasteiger partial charge is 0.347 e. The van der Waals surface area contributed by atoms with Crippen LogP contribution >= 0.6 is 0 Å². The van der Waals surface area contributed by atoms with Crippen LogP contribution < -0.4 is 10.6 Å². The van der Waals surface area contributed by atoms with E-state index in [0.717, 1.165) is 31.2 Å². The van der Waals surface area contributed by atoms with Crippen LogP contribution in [-0.2, 0) is 18.4 Å². The van der Waals surface area contributed by atoms with E-state index in [4.69, 9.17) is 0 Å². The van der Waals surface area contributed by atoms with E-state index >= 15 is 0 Å². The minimum absolute atomic E-state index is 0.0205. The fourth-order valence-corrected chi connectivity index (χ4v) is 3.09. The van der Waals surface area contributed by atoms with Crippen LogP contribution in [-0.4, -0.2) is 21.6 Å². The molecule has 0 saturated heterocycles. The number of carbonyl (C=O) groups is 2. The number of carbonyl (C=O) groups excluding carboxylic acids is 2. The zero-order valence-electron chi connectivity index (χ0n) is 14.7. The van der Waals surface area contributed by atoms with Crippen molar-refractivity contribution in [3.05, 3.63) is 47.2 Å². The number of amides is 2. The predicted molar refractivity (Wildman–Crippen MR) is 96.1 cm³/mol. The molecule has 0 unspecified atom stereocenters. The highest BCUT2D eigenvalue weighted by Gasteiger charge is 2.24. The van der Waals surface area contributed by atoms with Crippen LogP contribution in [0.5, 0.6) is 0 Å². The van der Waals surface area contributed by atoms with Crippen LogP contribution in [0, 0.1) is 12.8 Å². The Labute approximate surface area is 147 Å². The van der Waals surface area contributed by atoms with Gasteiger partial charge in [-0.15, -0.1) is 0 Å². The summed E-state index contributed by atoms with van der Waals surface area (Å²) in [5, 5.41) is 9.95. The summed E-state index contributed by atoms with van der Waals surface area (Å²) in [6.45, 7) is 2.47. The van der Waals surface area contributed by atoms with Crippen molar-refractivity contribution in [2.45, 2.75) is 39.2 Å². The molecule has 2 amide bonds. The highest BCUT2D eigenvalue weighted by atomic mass is 16.2. The van der Waals surface area contributed by atoms with Crippen molar-refractivity contribution in [2.75, 3.05) is 5.32 Å². The van der Waals surface area contributed by atoms with Crippen LogP contribution in [0.2, 0.25) is 0 Å². The molecule has 1 fully saturated rings. The Hall–Kier alpha value is -2.63. The van der Waals surface area contributed by atoms with Gasteiger partial charge in [0.1, 0.15) is 5.82 Å². The lowest BCUT2D eigenvalue weighted by Gasteiger charge is -2.09. The quantitative estimate of drug-likeness (QED) is 0.879. The van der Waals surface area contributed by atoms with Gasteiger partial charge in [-0.25, -0.2) is 0 Å². The third-order valence-corrected chi connectivity index (χ3v) is 4.66. The Morgan fingerprint density at radius 1 is 1.20 bits per heavy atom. The van der Waals surface area contributed by atoms with Gasteiger partial charge < -0.3 is 10.6 Å².